The first-order chi connectivity index (χ1) is 12.1. The zero-order chi connectivity index (χ0) is 17.8. The molecule has 2 aromatic rings. The number of halogens is 1. The summed E-state index contributed by atoms with van der Waals surface area (Å²) in [5.74, 6) is 1.21. The maximum atomic E-state index is 12.3. The van der Waals surface area contributed by atoms with Crippen LogP contribution in [0.3, 0.4) is 0 Å². The highest BCUT2D eigenvalue weighted by Crippen LogP contribution is 2.36. The van der Waals surface area contributed by atoms with Gasteiger partial charge in [-0.2, -0.15) is 0 Å². The largest absolute Gasteiger partial charge is 0.495 e. The summed E-state index contributed by atoms with van der Waals surface area (Å²) < 4.78 is 10.5. The maximum Gasteiger partial charge on any atom is 0.234 e. The van der Waals surface area contributed by atoms with Crippen LogP contribution in [0.2, 0.25) is 5.02 Å². The Labute approximate surface area is 156 Å². The number of nitrogens with one attached hydrogen (secondary N) is 1. The van der Waals surface area contributed by atoms with E-state index in [4.69, 9.17) is 21.1 Å². The van der Waals surface area contributed by atoms with Gasteiger partial charge in [-0.1, -0.05) is 17.7 Å². The SMILES string of the molecule is COc1cc(NC(=O)CSc2ccc3c(c2)CCC3)c(OC)cc1Cl. The van der Waals surface area contributed by atoms with Crippen LogP contribution in [0.5, 0.6) is 11.5 Å². The minimum atomic E-state index is -0.104. The molecule has 132 valence electrons. The van der Waals surface area contributed by atoms with E-state index in [0.717, 1.165) is 11.3 Å². The summed E-state index contributed by atoms with van der Waals surface area (Å²) in [4.78, 5) is 13.4. The fourth-order valence-corrected chi connectivity index (χ4v) is 3.92. The Kier molecular flexibility index (Phi) is 5.76. The summed E-state index contributed by atoms with van der Waals surface area (Å²) in [6, 6.07) is 9.76. The molecule has 0 radical (unpaired) electrons. The van der Waals surface area contributed by atoms with Crippen LogP contribution in [0.1, 0.15) is 17.5 Å². The van der Waals surface area contributed by atoms with Gasteiger partial charge in [0.15, 0.2) is 0 Å². The van der Waals surface area contributed by atoms with Crippen molar-refractivity contribution in [2.24, 2.45) is 0 Å². The molecule has 0 saturated heterocycles. The molecule has 1 aliphatic rings. The Hall–Kier alpha value is -1.85. The van der Waals surface area contributed by atoms with E-state index in [1.54, 1.807) is 12.1 Å². The van der Waals surface area contributed by atoms with Crippen LogP contribution in [-0.2, 0) is 17.6 Å². The lowest BCUT2D eigenvalue weighted by Crippen LogP contribution is -2.14. The van der Waals surface area contributed by atoms with E-state index in [9.17, 15) is 4.79 Å². The highest BCUT2D eigenvalue weighted by molar-refractivity contribution is 8.00. The van der Waals surface area contributed by atoms with Crippen LogP contribution >= 0.6 is 23.4 Å². The first kappa shape index (κ1) is 18.0. The summed E-state index contributed by atoms with van der Waals surface area (Å²) >= 11 is 7.61. The van der Waals surface area contributed by atoms with E-state index in [1.807, 2.05) is 0 Å². The fourth-order valence-electron chi connectivity index (χ4n) is 2.93. The number of amides is 1. The third kappa shape index (κ3) is 4.22. The maximum absolute atomic E-state index is 12.3. The first-order valence-electron chi connectivity index (χ1n) is 8.06. The second kappa shape index (κ2) is 8.02. The molecule has 0 aromatic heterocycles. The molecule has 0 bridgehead atoms. The number of benzene rings is 2. The Morgan fingerprint density at radius 1 is 1.12 bits per heavy atom. The standard InChI is InChI=1S/C19H20ClNO3S/c1-23-17-10-16(18(24-2)9-15(17)20)21-19(22)11-25-14-7-6-12-4-3-5-13(12)8-14/h6-10H,3-5,11H2,1-2H3,(H,21,22). The number of hydrogen-bond donors (Lipinski definition) is 1. The number of fused-ring (bicyclic) bond motifs is 1. The van der Waals surface area contributed by atoms with E-state index in [0.29, 0.717) is 28.0 Å². The summed E-state index contributed by atoms with van der Waals surface area (Å²) in [5, 5.41) is 3.30. The van der Waals surface area contributed by atoms with Gasteiger partial charge >= 0.3 is 0 Å². The molecule has 25 heavy (non-hydrogen) atoms. The van der Waals surface area contributed by atoms with E-state index in [1.165, 1.54) is 50.0 Å². The number of methoxy groups -OCH3 is 2. The van der Waals surface area contributed by atoms with Gasteiger partial charge in [0.2, 0.25) is 5.91 Å². The zero-order valence-electron chi connectivity index (χ0n) is 14.2. The van der Waals surface area contributed by atoms with Crippen LogP contribution in [0.4, 0.5) is 5.69 Å². The van der Waals surface area contributed by atoms with Gasteiger partial charge in [-0.3, -0.25) is 4.79 Å². The minimum Gasteiger partial charge on any atom is -0.495 e. The average Bonchev–Trinajstić information content (AvgIpc) is 3.08. The number of rotatable bonds is 6. The molecule has 2 aromatic carbocycles. The number of aryl methyl sites for hydroxylation is 2. The monoisotopic (exact) mass is 377 g/mol. The lowest BCUT2D eigenvalue weighted by atomic mass is 10.1. The molecular weight excluding hydrogens is 358 g/mol. The molecule has 0 unspecified atom stereocenters. The third-order valence-electron chi connectivity index (χ3n) is 4.19. The van der Waals surface area contributed by atoms with Crippen LogP contribution in [-0.4, -0.2) is 25.9 Å². The zero-order valence-corrected chi connectivity index (χ0v) is 15.8. The lowest BCUT2D eigenvalue weighted by molar-refractivity contribution is -0.113. The molecular formula is C19H20ClNO3S. The Balaban J connectivity index is 1.64. The minimum absolute atomic E-state index is 0.104. The molecule has 6 heteroatoms. The normalized spacial score (nSPS) is 12.6. The second-order valence-corrected chi connectivity index (χ2v) is 7.26. The van der Waals surface area contributed by atoms with Gasteiger partial charge in [-0.05, 0) is 42.5 Å². The highest BCUT2D eigenvalue weighted by atomic mass is 35.5. The van der Waals surface area contributed by atoms with Crippen molar-refractivity contribution in [2.45, 2.75) is 24.2 Å². The number of anilines is 1. The van der Waals surface area contributed by atoms with Gasteiger partial charge in [-0.15, -0.1) is 11.8 Å². The van der Waals surface area contributed by atoms with Crippen LogP contribution in [0, 0.1) is 0 Å². The van der Waals surface area contributed by atoms with Crippen molar-refractivity contribution in [3.8, 4) is 11.5 Å². The molecule has 3 rings (SSSR count). The van der Waals surface area contributed by atoms with Crippen LogP contribution in [0.15, 0.2) is 35.2 Å². The van der Waals surface area contributed by atoms with E-state index in [2.05, 4.69) is 23.5 Å². The van der Waals surface area contributed by atoms with Crippen molar-refractivity contribution in [3.05, 3.63) is 46.5 Å². The second-order valence-electron chi connectivity index (χ2n) is 5.81. The molecule has 0 heterocycles. The number of carbonyl (C=O) groups is 1. The quantitative estimate of drug-likeness (QED) is 0.749. The van der Waals surface area contributed by atoms with Crippen molar-refractivity contribution in [2.75, 3.05) is 25.3 Å². The Bertz CT molecular complexity index is 794. The average molecular weight is 378 g/mol. The van der Waals surface area contributed by atoms with Gasteiger partial charge in [0.05, 0.1) is 30.7 Å². The van der Waals surface area contributed by atoms with Gasteiger partial charge in [0, 0.05) is 17.0 Å². The predicted octanol–water partition coefficient (Wildman–Crippen LogP) is 4.58. The molecule has 1 amide bonds. The molecule has 0 atom stereocenters. The van der Waals surface area contributed by atoms with Gasteiger partial charge in [0.1, 0.15) is 11.5 Å². The van der Waals surface area contributed by atoms with Crippen LogP contribution < -0.4 is 14.8 Å². The number of hydrogen-bond acceptors (Lipinski definition) is 4. The molecule has 0 spiro atoms. The van der Waals surface area contributed by atoms with Crippen molar-refractivity contribution in [1.82, 2.24) is 0 Å². The molecule has 4 nitrogen and oxygen atoms in total. The van der Waals surface area contributed by atoms with E-state index < -0.39 is 0 Å². The molecule has 0 fully saturated rings. The van der Waals surface area contributed by atoms with E-state index in [-0.39, 0.29) is 5.91 Å². The third-order valence-corrected chi connectivity index (χ3v) is 5.48. The summed E-state index contributed by atoms with van der Waals surface area (Å²) in [7, 11) is 3.07. The Morgan fingerprint density at radius 3 is 2.64 bits per heavy atom. The van der Waals surface area contributed by atoms with Crippen molar-refractivity contribution < 1.29 is 14.3 Å². The number of ether oxygens (including phenoxy) is 2. The Morgan fingerprint density at radius 2 is 1.88 bits per heavy atom. The molecule has 1 aliphatic carbocycles. The van der Waals surface area contributed by atoms with Crippen LogP contribution in [0.25, 0.3) is 0 Å². The predicted molar refractivity (Wildman–Crippen MR) is 102 cm³/mol. The smallest absolute Gasteiger partial charge is 0.234 e. The fraction of sp³-hybridized carbons (Fsp3) is 0.316. The van der Waals surface area contributed by atoms with Crippen molar-refractivity contribution in [1.29, 1.82) is 0 Å². The van der Waals surface area contributed by atoms with Gasteiger partial charge in [-0.25, -0.2) is 0 Å². The van der Waals surface area contributed by atoms with Crippen molar-refractivity contribution >= 4 is 35.0 Å². The summed E-state index contributed by atoms with van der Waals surface area (Å²) in [6.45, 7) is 0. The van der Waals surface area contributed by atoms with Crippen molar-refractivity contribution in [3.63, 3.8) is 0 Å². The highest BCUT2D eigenvalue weighted by Gasteiger charge is 2.14. The molecule has 0 saturated carbocycles. The first-order valence-corrected chi connectivity index (χ1v) is 9.43. The summed E-state index contributed by atoms with van der Waals surface area (Å²) in [6.07, 6.45) is 3.53. The number of thioether (sulfide) groups is 1. The number of carbonyl (C=O) groups excluding carboxylic acids is 1. The van der Waals surface area contributed by atoms with Gasteiger partial charge in [0.25, 0.3) is 0 Å². The van der Waals surface area contributed by atoms with Gasteiger partial charge < -0.3 is 14.8 Å². The molecule has 0 aliphatic heterocycles. The lowest BCUT2D eigenvalue weighted by Gasteiger charge is -2.13. The molecule has 1 N–H and O–H groups in total. The topological polar surface area (TPSA) is 47.6 Å². The van der Waals surface area contributed by atoms with E-state index >= 15 is 0 Å². The summed E-state index contributed by atoms with van der Waals surface area (Å²) in [5.41, 5.74) is 3.39.